The minimum absolute atomic E-state index is 0.00478. The van der Waals surface area contributed by atoms with Crippen molar-refractivity contribution in [3.05, 3.63) is 53.9 Å². The van der Waals surface area contributed by atoms with E-state index in [0.29, 0.717) is 12.6 Å². The first-order valence-electron chi connectivity index (χ1n) is 9.50. The third kappa shape index (κ3) is 4.77. The highest BCUT2D eigenvalue weighted by molar-refractivity contribution is 5.94. The first-order chi connectivity index (χ1) is 12.9. The quantitative estimate of drug-likeness (QED) is 0.803. The molecule has 1 aromatic heterocycles. The Hall–Kier alpha value is -2.60. The SMILES string of the molecule is Cc1ccc(NC(=O)CN(C)C(=O)C[NH+]2CCC[C@H]2c2cccn2C)cc1. The third-order valence-corrected chi connectivity index (χ3v) is 5.34. The number of quaternary nitrogens is 1. The van der Waals surface area contributed by atoms with Crippen LogP contribution in [-0.2, 0) is 16.6 Å². The van der Waals surface area contributed by atoms with Gasteiger partial charge < -0.3 is 19.7 Å². The molecular weight excluding hydrogens is 340 g/mol. The fourth-order valence-corrected chi connectivity index (χ4v) is 3.79. The number of likely N-dealkylation sites (N-methyl/N-ethyl adjacent to an activating group) is 1. The van der Waals surface area contributed by atoms with Crippen LogP contribution in [0.4, 0.5) is 5.69 Å². The van der Waals surface area contributed by atoms with Gasteiger partial charge in [0.05, 0.1) is 18.8 Å². The molecule has 6 heteroatoms. The summed E-state index contributed by atoms with van der Waals surface area (Å²) >= 11 is 0. The van der Waals surface area contributed by atoms with Crippen molar-refractivity contribution in [3.8, 4) is 0 Å². The Labute approximate surface area is 160 Å². The normalized spacial score (nSPS) is 19.1. The fourth-order valence-electron chi connectivity index (χ4n) is 3.79. The summed E-state index contributed by atoms with van der Waals surface area (Å²) in [6, 6.07) is 12.2. The number of nitrogens with one attached hydrogen (secondary N) is 2. The van der Waals surface area contributed by atoms with Crippen molar-refractivity contribution < 1.29 is 14.5 Å². The number of aromatic nitrogens is 1. The molecule has 1 aliphatic rings. The number of hydrogen-bond donors (Lipinski definition) is 2. The molecule has 6 nitrogen and oxygen atoms in total. The summed E-state index contributed by atoms with van der Waals surface area (Å²) in [6.45, 7) is 3.48. The summed E-state index contributed by atoms with van der Waals surface area (Å²) in [5, 5.41) is 2.84. The average molecular weight is 369 g/mol. The van der Waals surface area contributed by atoms with Gasteiger partial charge in [-0.05, 0) is 31.2 Å². The molecule has 144 valence electrons. The van der Waals surface area contributed by atoms with Gasteiger partial charge in [-0.15, -0.1) is 0 Å². The van der Waals surface area contributed by atoms with Crippen LogP contribution in [0.1, 0.15) is 30.1 Å². The highest BCUT2D eigenvalue weighted by atomic mass is 16.2. The topological polar surface area (TPSA) is 58.8 Å². The first-order valence-corrected chi connectivity index (χ1v) is 9.50. The first kappa shape index (κ1) is 19.2. The van der Waals surface area contributed by atoms with E-state index in [0.717, 1.165) is 30.6 Å². The second kappa shape index (κ2) is 8.39. The number of nitrogens with zero attached hydrogens (tertiary/aromatic N) is 2. The van der Waals surface area contributed by atoms with Crippen molar-refractivity contribution >= 4 is 17.5 Å². The number of amides is 2. The van der Waals surface area contributed by atoms with Gasteiger partial charge in [0.1, 0.15) is 6.04 Å². The Bertz CT molecular complexity index is 797. The second-order valence-electron chi connectivity index (χ2n) is 7.49. The summed E-state index contributed by atoms with van der Waals surface area (Å²) in [4.78, 5) is 27.7. The van der Waals surface area contributed by atoms with E-state index < -0.39 is 0 Å². The van der Waals surface area contributed by atoms with Crippen LogP contribution in [0.3, 0.4) is 0 Å². The number of benzene rings is 1. The number of likely N-dealkylation sites (tertiary alicyclic amines) is 1. The van der Waals surface area contributed by atoms with E-state index in [9.17, 15) is 9.59 Å². The van der Waals surface area contributed by atoms with E-state index >= 15 is 0 Å². The molecule has 0 spiro atoms. The van der Waals surface area contributed by atoms with Gasteiger partial charge in [-0.25, -0.2) is 0 Å². The molecule has 2 aromatic rings. The number of anilines is 1. The van der Waals surface area contributed by atoms with Crippen LogP contribution in [0.2, 0.25) is 0 Å². The second-order valence-corrected chi connectivity index (χ2v) is 7.49. The summed E-state index contributed by atoms with van der Waals surface area (Å²) in [7, 11) is 3.75. The zero-order valence-corrected chi connectivity index (χ0v) is 16.4. The summed E-state index contributed by atoms with van der Waals surface area (Å²) in [5.74, 6) is -0.171. The van der Waals surface area contributed by atoms with Crippen molar-refractivity contribution in [1.29, 1.82) is 0 Å². The molecule has 3 rings (SSSR count). The maximum absolute atomic E-state index is 12.6. The lowest BCUT2D eigenvalue weighted by molar-refractivity contribution is -0.911. The molecule has 1 saturated heterocycles. The predicted octanol–water partition coefficient (Wildman–Crippen LogP) is 1.15. The Balaban J connectivity index is 1.53. The van der Waals surface area contributed by atoms with E-state index in [1.54, 1.807) is 7.05 Å². The lowest BCUT2D eigenvalue weighted by Crippen LogP contribution is -3.11. The van der Waals surface area contributed by atoms with Crippen LogP contribution in [0.25, 0.3) is 0 Å². The van der Waals surface area contributed by atoms with Gasteiger partial charge in [-0.2, -0.15) is 0 Å². The maximum atomic E-state index is 12.6. The van der Waals surface area contributed by atoms with Crippen molar-refractivity contribution in [2.24, 2.45) is 7.05 Å². The molecule has 0 bridgehead atoms. The van der Waals surface area contributed by atoms with Crippen LogP contribution in [0.5, 0.6) is 0 Å². The van der Waals surface area contributed by atoms with Crippen LogP contribution in [0, 0.1) is 6.92 Å². The summed E-state index contributed by atoms with van der Waals surface area (Å²) < 4.78 is 2.14. The monoisotopic (exact) mass is 369 g/mol. The number of carbonyl (C=O) groups excluding carboxylic acids is 2. The number of rotatable bonds is 6. The van der Waals surface area contributed by atoms with Crippen molar-refractivity contribution in [1.82, 2.24) is 9.47 Å². The van der Waals surface area contributed by atoms with E-state index in [-0.39, 0.29) is 18.4 Å². The highest BCUT2D eigenvalue weighted by Crippen LogP contribution is 2.18. The molecule has 1 fully saturated rings. The standard InChI is InChI=1S/C21H28N4O2/c1-16-8-10-17(11-9-16)22-20(26)14-24(3)21(27)15-25-13-5-7-19(25)18-6-4-12-23(18)2/h4,6,8-12,19H,5,7,13-15H2,1-3H3,(H,22,26)/p+1/t19-/m0/s1. The molecule has 27 heavy (non-hydrogen) atoms. The highest BCUT2D eigenvalue weighted by Gasteiger charge is 2.33. The molecule has 0 saturated carbocycles. The Kier molecular flexibility index (Phi) is 5.96. The molecule has 2 N–H and O–H groups in total. The van der Waals surface area contributed by atoms with Crippen LogP contribution >= 0.6 is 0 Å². The lowest BCUT2D eigenvalue weighted by Gasteiger charge is -2.24. The minimum atomic E-state index is -0.176. The molecule has 1 aliphatic heterocycles. The Morgan fingerprint density at radius 2 is 2.00 bits per heavy atom. The fraction of sp³-hybridized carbons (Fsp3) is 0.429. The van der Waals surface area contributed by atoms with Crippen molar-refractivity contribution in [2.75, 3.05) is 32.0 Å². The van der Waals surface area contributed by atoms with Gasteiger partial charge in [-0.3, -0.25) is 9.59 Å². The smallest absolute Gasteiger partial charge is 0.277 e. The predicted molar refractivity (Wildman–Crippen MR) is 106 cm³/mol. The van der Waals surface area contributed by atoms with Gasteiger partial charge in [0.2, 0.25) is 5.91 Å². The molecule has 2 atom stereocenters. The molecule has 0 radical (unpaired) electrons. The molecule has 2 amide bonds. The van der Waals surface area contributed by atoms with Crippen LogP contribution in [0.15, 0.2) is 42.6 Å². The zero-order chi connectivity index (χ0) is 19.4. The molecular formula is C21H29N4O2+. The van der Waals surface area contributed by atoms with Gasteiger partial charge in [0, 0.05) is 38.8 Å². The third-order valence-electron chi connectivity index (χ3n) is 5.34. The molecule has 2 heterocycles. The number of carbonyl (C=O) groups is 2. The van der Waals surface area contributed by atoms with Gasteiger partial charge in [0.15, 0.2) is 6.54 Å². The summed E-state index contributed by atoms with van der Waals surface area (Å²) in [6.07, 6.45) is 4.27. The van der Waals surface area contributed by atoms with Crippen molar-refractivity contribution in [2.45, 2.75) is 25.8 Å². The molecule has 1 aromatic carbocycles. The maximum Gasteiger partial charge on any atom is 0.277 e. The number of hydrogen-bond acceptors (Lipinski definition) is 2. The molecule has 0 aliphatic carbocycles. The number of aryl methyl sites for hydroxylation is 2. The van der Waals surface area contributed by atoms with E-state index in [1.807, 2.05) is 31.2 Å². The molecule has 1 unspecified atom stereocenters. The van der Waals surface area contributed by atoms with Gasteiger partial charge >= 0.3 is 0 Å². The van der Waals surface area contributed by atoms with E-state index in [4.69, 9.17) is 0 Å². The summed E-state index contributed by atoms with van der Waals surface area (Å²) in [5.41, 5.74) is 3.16. The lowest BCUT2D eigenvalue weighted by atomic mass is 10.1. The minimum Gasteiger partial charge on any atom is -0.350 e. The van der Waals surface area contributed by atoms with Crippen molar-refractivity contribution in [3.63, 3.8) is 0 Å². The van der Waals surface area contributed by atoms with Crippen LogP contribution in [-0.4, -0.2) is 48.0 Å². The Morgan fingerprint density at radius 3 is 2.67 bits per heavy atom. The zero-order valence-electron chi connectivity index (χ0n) is 16.4. The van der Waals surface area contributed by atoms with E-state index in [1.165, 1.54) is 15.5 Å². The van der Waals surface area contributed by atoms with Gasteiger partial charge in [0.25, 0.3) is 5.91 Å². The van der Waals surface area contributed by atoms with Crippen LogP contribution < -0.4 is 10.2 Å². The van der Waals surface area contributed by atoms with E-state index in [2.05, 4.69) is 35.3 Å². The largest absolute Gasteiger partial charge is 0.350 e. The average Bonchev–Trinajstić information content (AvgIpc) is 3.25. The Morgan fingerprint density at radius 1 is 1.26 bits per heavy atom. The van der Waals surface area contributed by atoms with Gasteiger partial charge in [-0.1, -0.05) is 17.7 Å².